The lowest BCUT2D eigenvalue weighted by Crippen LogP contribution is -2.51. The van der Waals surface area contributed by atoms with Gasteiger partial charge >= 0.3 is 11.9 Å². The molecule has 0 spiro atoms. The Morgan fingerprint density at radius 1 is 1.00 bits per heavy atom. The summed E-state index contributed by atoms with van der Waals surface area (Å²) in [4.78, 5) is 28.1. The number of hydrogen-bond acceptors (Lipinski definition) is 5. The van der Waals surface area contributed by atoms with Crippen LogP contribution in [-0.4, -0.2) is 44.1 Å². The van der Waals surface area contributed by atoms with Gasteiger partial charge in [0.2, 0.25) is 0 Å². The minimum atomic E-state index is -1.06. The molecule has 0 aromatic heterocycles. The Bertz CT molecular complexity index is 1050. The summed E-state index contributed by atoms with van der Waals surface area (Å²) < 4.78 is 11.4. The molecule has 1 aliphatic rings. The molecular formula is C30H41NO4. The van der Waals surface area contributed by atoms with E-state index in [1.165, 1.54) is 12.7 Å². The minimum Gasteiger partial charge on any atom is -0.465 e. The highest BCUT2D eigenvalue weighted by Gasteiger charge is 2.46. The molecule has 1 aliphatic carbocycles. The summed E-state index contributed by atoms with van der Waals surface area (Å²) in [6, 6.07) is 15.9. The number of likely N-dealkylation sites (N-methyl/N-ethyl adjacent to an activating group) is 1. The van der Waals surface area contributed by atoms with Gasteiger partial charge < -0.3 is 9.47 Å². The number of carbonyl (C=O) groups excluding carboxylic acids is 2. The predicted molar refractivity (Wildman–Crippen MR) is 139 cm³/mol. The van der Waals surface area contributed by atoms with Gasteiger partial charge in [-0.05, 0) is 80.9 Å². The van der Waals surface area contributed by atoms with Gasteiger partial charge in [0.05, 0.1) is 12.7 Å². The maximum absolute atomic E-state index is 14.0. The summed E-state index contributed by atoms with van der Waals surface area (Å²) in [5.74, 6) is -0.0170. The first kappa shape index (κ1) is 26.9. The monoisotopic (exact) mass is 479 g/mol. The third-order valence-electron chi connectivity index (χ3n) is 8.23. The Balaban J connectivity index is 1.98. The van der Waals surface area contributed by atoms with Crippen molar-refractivity contribution in [1.82, 2.24) is 4.90 Å². The third kappa shape index (κ3) is 5.30. The van der Waals surface area contributed by atoms with Crippen LogP contribution in [0.25, 0.3) is 0 Å². The van der Waals surface area contributed by atoms with Gasteiger partial charge in [-0.3, -0.25) is 4.90 Å². The van der Waals surface area contributed by atoms with Crippen LogP contribution in [0.4, 0.5) is 0 Å². The first-order valence-corrected chi connectivity index (χ1v) is 12.6. The van der Waals surface area contributed by atoms with Crippen molar-refractivity contribution in [1.29, 1.82) is 0 Å². The summed E-state index contributed by atoms with van der Waals surface area (Å²) >= 11 is 0. The standard InChI is InChI=1S/C30H41NO4/c1-20-14-17-24(29(3,4)23-12-10-9-11-13-23)26(18-20)35-28(33)30(5,31(6)7)25-19-22(27(32)34-8)16-15-21(25)2/h9-13,15-16,19-20,24,26H,14,17-18H2,1-8H3/t20-,24-,26+,30+/m1/s1. The molecule has 0 unspecified atom stereocenters. The molecular weight excluding hydrogens is 438 g/mol. The minimum absolute atomic E-state index is 0.137. The average Bonchev–Trinajstić information content (AvgIpc) is 2.83. The molecule has 0 amide bonds. The summed E-state index contributed by atoms with van der Waals surface area (Å²) in [6.07, 6.45) is 2.79. The summed E-state index contributed by atoms with van der Waals surface area (Å²) in [5, 5.41) is 0. The second-order valence-corrected chi connectivity index (χ2v) is 11.0. The number of nitrogens with zero attached hydrogens (tertiary/aromatic N) is 1. The van der Waals surface area contributed by atoms with Gasteiger partial charge in [-0.1, -0.05) is 63.6 Å². The van der Waals surface area contributed by atoms with Gasteiger partial charge in [0, 0.05) is 5.92 Å². The maximum atomic E-state index is 14.0. The Labute approximate surface area is 210 Å². The first-order chi connectivity index (χ1) is 16.4. The van der Waals surface area contributed by atoms with E-state index in [-0.39, 0.29) is 23.4 Å². The first-order valence-electron chi connectivity index (χ1n) is 12.6. The highest BCUT2D eigenvalue weighted by Crippen LogP contribution is 2.44. The van der Waals surface area contributed by atoms with Crippen LogP contribution in [0.3, 0.4) is 0 Å². The van der Waals surface area contributed by atoms with Gasteiger partial charge in [-0.15, -0.1) is 0 Å². The van der Waals surface area contributed by atoms with Gasteiger partial charge in [-0.25, -0.2) is 9.59 Å². The molecule has 0 bridgehead atoms. The van der Waals surface area contributed by atoms with Crippen molar-refractivity contribution in [2.75, 3.05) is 21.2 Å². The van der Waals surface area contributed by atoms with E-state index < -0.39 is 11.5 Å². The number of hydrogen-bond donors (Lipinski definition) is 0. The van der Waals surface area contributed by atoms with Gasteiger partial charge in [-0.2, -0.15) is 0 Å². The highest BCUT2D eigenvalue weighted by molar-refractivity contribution is 5.91. The average molecular weight is 480 g/mol. The fourth-order valence-corrected chi connectivity index (χ4v) is 5.54. The summed E-state index contributed by atoms with van der Waals surface area (Å²) in [5.41, 5.74) is 2.15. The molecule has 4 atom stereocenters. The molecule has 0 heterocycles. The molecule has 0 aliphatic heterocycles. The second kappa shape index (κ2) is 10.5. The molecule has 1 saturated carbocycles. The van der Waals surface area contributed by atoms with E-state index in [2.05, 4.69) is 45.0 Å². The van der Waals surface area contributed by atoms with Crippen molar-refractivity contribution in [3.8, 4) is 0 Å². The fourth-order valence-electron chi connectivity index (χ4n) is 5.54. The molecule has 35 heavy (non-hydrogen) atoms. The number of esters is 2. The molecule has 3 rings (SSSR count). The fraction of sp³-hybridized carbons (Fsp3) is 0.533. The van der Waals surface area contributed by atoms with Crippen LogP contribution >= 0.6 is 0 Å². The van der Waals surface area contributed by atoms with E-state index in [0.717, 1.165) is 30.4 Å². The Morgan fingerprint density at radius 3 is 2.26 bits per heavy atom. The lowest BCUT2D eigenvalue weighted by atomic mass is 9.64. The lowest BCUT2D eigenvalue weighted by molar-refractivity contribution is -0.169. The predicted octanol–water partition coefficient (Wildman–Crippen LogP) is 5.88. The van der Waals surface area contributed by atoms with Crippen molar-refractivity contribution < 1.29 is 19.1 Å². The molecule has 1 fully saturated rings. The molecule has 5 nitrogen and oxygen atoms in total. The number of ether oxygens (including phenoxy) is 2. The van der Waals surface area contributed by atoms with Crippen molar-refractivity contribution >= 4 is 11.9 Å². The molecule has 2 aromatic rings. The smallest absolute Gasteiger partial charge is 0.337 e. The third-order valence-corrected chi connectivity index (χ3v) is 8.23. The van der Waals surface area contributed by atoms with Gasteiger partial charge in [0.25, 0.3) is 0 Å². The molecule has 0 saturated heterocycles. The van der Waals surface area contributed by atoms with Gasteiger partial charge in [0.15, 0.2) is 0 Å². The van der Waals surface area contributed by atoms with E-state index in [4.69, 9.17) is 9.47 Å². The van der Waals surface area contributed by atoms with Crippen LogP contribution in [-0.2, 0) is 25.2 Å². The van der Waals surface area contributed by atoms with Crippen LogP contribution in [0.2, 0.25) is 0 Å². The van der Waals surface area contributed by atoms with Crippen LogP contribution in [0.1, 0.15) is 74.0 Å². The number of rotatable bonds is 7. The highest BCUT2D eigenvalue weighted by atomic mass is 16.5. The molecule has 2 aromatic carbocycles. The van der Waals surface area contributed by atoms with E-state index in [1.54, 1.807) is 12.1 Å². The number of carbonyl (C=O) groups is 2. The van der Waals surface area contributed by atoms with Crippen molar-refractivity contribution in [3.63, 3.8) is 0 Å². The van der Waals surface area contributed by atoms with Crippen molar-refractivity contribution in [2.24, 2.45) is 11.8 Å². The van der Waals surface area contributed by atoms with Crippen LogP contribution < -0.4 is 0 Å². The largest absolute Gasteiger partial charge is 0.465 e. The Kier molecular flexibility index (Phi) is 8.10. The Hall–Kier alpha value is -2.66. The second-order valence-electron chi connectivity index (χ2n) is 11.0. The lowest BCUT2D eigenvalue weighted by Gasteiger charge is -2.45. The van der Waals surface area contributed by atoms with Crippen LogP contribution in [0.15, 0.2) is 48.5 Å². The normalized spacial score (nSPS) is 22.4. The number of methoxy groups -OCH3 is 1. The van der Waals surface area contributed by atoms with Crippen molar-refractivity contribution in [3.05, 3.63) is 70.8 Å². The molecule has 190 valence electrons. The summed E-state index contributed by atoms with van der Waals surface area (Å²) in [7, 11) is 5.11. The zero-order valence-electron chi connectivity index (χ0n) is 22.6. The SMILES string of the molecule is COC(=O)c1ccc(C)c([C@@](C)(C(=O)O[C@H]2C[C@H](C)CC[C@H]2C(C)(C)c2ccccc2)N(C)C)c1. The van der Waals surface area contributed by atoms with Crippen LogP contribution in [0.5, 0.6) is 0 Å². The topological polar surface area (TPSA) is 55.8 Å². The quantitative estimate of drug-likeness (QED) is 0.464. The van der Waals surface area contributed by atoms with Gasteiger partial charge in [0.1, 0.15) is 11.6 Å². The van der Waals surface area contributed by atoms with E-state index in [1.807, 2.05) is 45.0 Å². The zero-order chi connectivity index (χ0) is 26.0. The summed E-state index contributed by atoms with van der Waals surface area (Å²) in [6.45, 7) is 10.6. The molecule has 5 heteroatoms. The maximum Gasteiger partial charge on any atom is 0.337 e. The van der Waals surface area contributed by atoms with Crippen molar-refractivity contribution in [2.45, 2.75) is 70.9 Å². The van der Waals surface area contributed by atoms with E-state index >= 15 is 0 Å². The number of aryl methyl sites for hydroxylation is 1. The number of benzene rings is 2. The Morgan fingerprint density at radius 2 is 1.66 bits per heavy atom. The van der Waals surface area contributed by atoms with Crippen LogP contribution in [0, 0.1) is 18.8 Å². The van der Waals surface area contributed by atoms with E-state index in [9.17, 15) is 9.59 Å². The zero-order valence-corrected chi connectivity index (χ0v) is 22.6. The van der Waals surface area contributed by atoms with E-state index in [0.29, 0.717) is 11.5 Å². The molecule has 0 radical (unpaired) electrons. The molecule has 0 N–H and O–H groups in total.